The van der Waals surface area contributed by atoms with Gasteiger partial charge in [0.15, 0.2) is 17.2 Å². The van der Waals surface area contributed by atoms with Crippen molar-refractivity contribution in [3.8, 4) is 23.0 Å². The molecular formula is C26H27ClN2O6S. The predicted molar refractivity (Wildman–Crippen MR) is 138 cm³/mol. The van der Waals surface area contributed by atoms with Crippen molar-refractivity contribution < 1.29 is 27.4 Å². The third-order valence-corrected chi connectivity index (χ3v) is 8.01. The first-order valence-corrected chi connectivity index (χ1v) is 13.2. The average Bonchev–Trinajstić information content (AvgIpc) is 2.90. The Morgan fingerprint density at radius 2 is 1.69 bits per heavy atom. The third-order valence-electron chi connectivity index (χ3n) is 5.92. The van der Waals surface area contributed by atoms with Crippen LogP contribution >= 0.6 is 11.6 Å². The molecule has 0 bridgehead atoms. The Kier molecular flexibility index (Phi) is 8.03. The van der Waals surface area contributed by atoms with Crippen LogP contribution in [0, 0.1) is 5.92 Å². The summed E-state index contributed by atoms with van der Waals surface area (Å²) in [4.78, 5) is 13.3. The van der Waals surface area contributed by atoms with E-state index in [1.165, 1.54) is 30.7 Å². The van der Waals surface area contributed by atoms with Crippen LogP contribution in [-0.2, 0) is 14.8 Å². The fourth-order valence-corrected chi connectivity index (χ4v) is 5.75. The highest BCUT2D eigenvalue weighted by atomic mass is 35.5. The van der Waals surface area contributed by atoms with E-state index in [1.807, 2.05) is 18.2 Å². The van der Waals surface area contributed by atoms with Crippen LogP contribution in [0.5, 0.6) is 23.0 Å². The number of piperidine rings is 1. The number of carbonyl (C=O) groups excluding carboxylic acids is 1. The van der Waals surface area contributed by atoms with Gasteiger partial charge in [0.1, 0.15) is 5.75 Å². The van der Waals surface area contributed by atoms with Crippen molar-refractivity contribution in [1.29, 1.82) is 0 Å². The Hall–Kier alpha value is -3.27. The number of carbonyl (C=O) groups is 1. The van der Waals surface area contributed by atoms with Crippen LogP contribution in [-0.4, -0.2) is 45.9 Å². The molecule has 0 aliphatic carbocycles. The lowest BCUT2D eigenvalue weighted by molar-refractivity contribution is -0.120. The molecule has 1 aliphatic rings. The Bertz CT molecular complexity index is 1330. The van der Waals surface area contributed by atoms with Gasteiger partial charge in [-0.05, 0) is 55.3 Å². The van der Waals surface area contributed by atoms with Crippen LogP contribution in [0.3, 0.4) is 0 Å². The van der Waals surface area contributed by atoms with Crippen molar-refractivity contribution in [1.82, 2.24) is 4.31 Å². The van der Waals surface area contributed by atoms with Gasteiger partial charge in [-0.1, -0.05) is 29.8 Å². The molecule has 0 aromatic heterocycles. The van der Waals surface area contributed by atoms with E-state index in [4.69, 9.17) is 25.8 Å². The van der Waals surface area contributed by atoms with Crippen LogP contribution in [0.25, 0.3) is 0 Å². The third kappa shape index (κ3) is 5.75. The molecule has 0 unspecified atom stereocenters. The first kappa shape index (κ1) is 25.8. The number of hydrogen-bond donors (Lipinski definition) is 1. The Morgan fingerprint density at radius 3 is 2.42 bits per heavy atom. The van der Waals surface area contributed by atoms with Crippen molar-refractivity contribution in [2.45, 2.75) is 17.7 Å². The number of sulfonamides is 1. The molecule has 1 saturated heterocycles. The van der Waals surface area contributed by atoms with E-state index >= 15 is 0 Å². The predicted octanol–water partition coefficient (Wildman–Crippen LogP) is 5.19. The van der Waals surface area contributed by atoms with Crippen molar-refractivity contribution in [3.05, 3.63) is 71.8 Å². The largest absolute Gasteiger partial charge is 0.493 e. The minimum absolute atomic E-state index is 0.0535. The van der Waals surface area contributed by atoms with Gasteiger partial charge in [-0.15, -0.1) is 0 Å². The van der Waals surface area contributed by atoms with E-state index in [-0.39, 0.29) is 17.3 Å². The molecule has 0 saturated carbocycles. The lowest BCUT2D eigenvalue weighted by Crippen LogP contribution is -2.43. The number of para-hydroxylation sites is 1. The molecule has 1 atom stereocenters. The van der Waals surface area contributed by atoms with Gasteiger partial charge in [-0.3, -0.25) is 4.79 Å². The van der Waals surface area contributed by atoms with Gasteiger partial charge in [0.25, 0.3) is 0 Å². The molecular weight excluding hydrogens is 504 g/mol. The van der Waals surface area contributed by atoms with Gasteiger partial charge in [-0.2, -0.15) is 4.31 Å². The highest BCUT2D eigenvalue weighted by Crippen LogP contribution is 2.34. The fraction of sp³-hybridized carbons (Fsp3) is 0.269. The zero-order valence-electron chi connectivity index (χ0n) is 19.9. The first-order chi connectivity index (χ1) is 17.3. The second-order valence-corrected chi connectivity index (χ2v) is 10.6. The molecule has 3 aromatic carbocycles. The number of nitrogens with one attached hydrogen (secondary N) is 1. The van der Waals surface area contributed by atoms with Crippen molar-refractivity contribution >= 4 is 33.2 Å². The zero-order valence-corrected chi connectivity index (χ0v) is 21.5. The molecule has 1 N–H and O–H groups in total. The van der Waals surface area contributed by atoms with Crippen LogP contribution in [0.2, 0.25) is 5.02 Å². The molecule has 10 heteroatoms. The number of benzene rings is 3. The molecule has 0 radical (unpaired) electrons. The number of nitrogens with zero attached hydrogens (tertiary/aromatic N) is 1. The second kappa shape index (κ2) is 11.2. The summed E-state index contributed by atoms with van der Waals surface area (Å²) in [7, 11) is -0.915. The summed E-state index contributed by atoms with van der Waals surface area (Å²) < 4.78 is 44.4. The topological polar surface area (TPSA) is 94.2 Å². The maximum atomic E-state index is 13.3. The van der Waals surface area contributed by atoms with Crippen molar-refractivity contribution in [2.75, 3.05) is 32.6 Å². The summed E-state index contributed by atoms with van der Waals surface area (Å²) in [6.45, 7) is 0.373. The lowest BCUT2D eigenvalue weighted by atomic mass is 9.98. The number of ether oxygens (including phenoxy) is 3. The molecule has 1 fully saturated rings. The lowest BCUT2D eigenvalue weighted by Gasteiger charge is -2.31. The molecule has 0 spiro atoms. The summed E-state index contributed by atoms with van der Waals surface area (Å²) in [5, 5.41) is 3.32. The SMILES string of the molecule is COc1ccc(S(=O)(=O)N2CCC[C@@H](C(=O)Nc3cc(Cl)ccc3Oc3ccccc3)C2)cc1OC. The quantitative estimate of drug-likeness (QED) is 0.431. The number of halogens is 1. The molecule has 36 heavy (non-hydrogen) atoms. The van der Waals surface area contributed by atoms with Gasteiger partial charge < -0.3 is 19.5 Å². The summed E-state index contributed by atoms with van der Waals surface area (Å²) in [6.07, 6.45) is 1.10. The molecule has 3 aromatic rings. The number of rotatable bonds is 8. The maximum Gasteiger partial charge on any atom is 0.243 e. The molecule has 1 aliphatic heterocycles. The van der Waals surface area contributed by atoms with E-state index in [2.05, 4.69) is 5.32 Å². The highest BCUT2D eigenvalue weighted by Gasteiger charge is 2.34. The number of amides is 1. The fourth-order valence-electron chi connectivity index (χ4n) is 4.04. The monoisotopic (exact) mass is 530 g/mol. The smallest absolute Gasteiger partial charge is 0.243 e. The number of hydrogen-bond acceptors (Lipinski definition) is 6. The summed E-state index contributed by atoms with van der Waals surface area (Å²) in [5.74, 6) is 0.948. The summed E-state index contributed by atoms with van der Waals surface area (Å²) in [5.41, 5.74) is 0.413. The molecule has 4 rings (SSSR count). The normalized spacial score (nSPS) is 16.2. The molecule has 1 amide bonds. The Labute approximate surface area is 215 Å². The average molecular weight is 531 g/mol. The summed E-state index contributed by atoms with van der Waals surface area (Å²) in [6, 6.07) is 18.6. The zero-order chi connectivity index (χ0) is 25.7. The van der Waals surface area contributed by atoms with Crippen LogP contribution in [0.4, 0.5) is 5.69 Å². The second-order valence-electron chi connectivity index (χ2n) is 8.26. The molecule has 8 nitrogen and oxygen atoms in total. The standard InChI is InChI=1S/C26H27ClN2O6S/c1-33-24-13-11-21(16-25(24)34-2)36(31,32)29-14-6-7-18(17-29)26(30)28-22-15-19(27)10-12-23(22)35-20-8-4-3-5-9-20/h3-5,8-13,15-16,18H,6-7,14,17H2,1-2H3,(H,28,30)/t18-/m1/s1. The molecule has 1 heterocycles. The maximum absolute atomic E-state index is 13.3. The van der Waals surface area contributed by atoms with Gasteiger partial charge in [0.05, 0.1) is 30.7 Å². The van der Waals surface area contributed by atoms with Crippen LogP contribution in [0.15, 0.2) is 71.6 Å². The van der Waals surface area contributed by atoms with Crippen LogP contribution in [0.1, 0.15) is 12.8 Å². The van der Waals surface area contributed by atoms with E-state index < -0.39 is 15.9 Å². The minimum atomic E-state index is -3.84. The van der Waals surface area contributed by atoms with E-state index in [9.17, 15) is 13.2 Å². The molecule has 190 valence electrons. The van der Waals surface area contributed by atoms with Gasteiger partial charge in [0, 0.05) is 24.2 Å². The summed E-state index contributed by atoms with van der Waals surface area (Å²) >= 11 is 6.17. The Morgan fingerprint density at radius 1 is 0.972 bits per heavy atom. The van der Waals surface area contributed by atoms with Crippen LogP contribution < -0.4 is 19.5 Å². The first-order valence-electron chi connectivity index (χ1n) is 11.4. The van der Waals surface area contributed by atoms with Gasteiger partial charge in [0.2, 0.25) is 15.9 Å². The minimum Gasteiger partial charge on any atom is -0.493 e. The van der Waals surface area contributed by atoms with Gasteiger partial charge >= 0.3 is 0 Å². The Balaban J connectivity index is 1.51. The van der Waals surface area contributed by atoms with E-state index in [1.54, 1.807) is 36.4 Å². The number of anilines is 1. The number of methoxy groups -OCH3 is 2. The highest BCUT2D eigenvalue weighted by molar-refractivity contribution is 7.89. The van der Waals surface area contributed by atoms with Gasteiger partial charge in [-0.25, -0.2) is 8.42 Å². The van der Waals surface area contributed by atoms with E-state index in [0.717, 1.165) is 0 Å². The van der Waals surface area contributed by atoms with Crippen molar-refractivity contribution in [2.24, 2.45) is 5.92 Å². The van der Waals surface area contributed by atoms with Crippen molar-refractivity contribution in [3.63, 3.8) is 0 Å². The van der Waals surface area contributed by atoms with E-state index in [0.29, 0.717) is 53.1 Å².